The van der Waals surface area contributed by atoms with E-state index in [1.165, 1.54) is 0 Å². The van der Waals surface area contributed by atoms with Crippen LogP contribution >= 0.6 is 27.5 Å². The highest BCUT2D eigenvalue weighted by Crippen LogP contribution is 2.21. The molecule has 0 aromatic heterocycles. The van der Waals surface area contributed by atoms with E-state index < -0.39 is 0 Å². The van der Waals surface area contributed by atoms with Crippen molar-refractivity contribution < 1.29 is 4.79 Å². The summed E-state index contributed by atoms with van der Waals surface area (Å²) in [5, 5.41) is 0.582. The lowest BCUT2D eigenvalue weighted by atomic mass is 10.1. The average molecular weight is 346 g/mol. The number of hydrogen-bond acceptors (Lipinski definition) is 2. The molecule has 1 fully saturated rings. The SMILES string of the molecule is CC(C)N1CCN(C(=O)c2cc(Cl)cc(Br)c2)CC1. The van der Waals surface area contributed by atoms with E-state index in [2.05, 4.69) is 34.7 Å². The zero-order chi connectivity index (χ0) is 14.0. The molecule has 0 atom stereocenters. The Hall–Kier alpha value is -0.580. The fourth-order valence-corrected chi connectivity index (χ4v) is 3.16. The molecule has 19 heavy (non-hydrogen) atoms. The first kappa shape index (κ1) is 14.8. The van der Waals surface area contributed by atoms with E-state index in [1.807, 2.05) is 11.0 Å². The van der Waals surface area contributed by atoms with E-state index >= 15 is 0 Å². The fourth-order valence-electron chi connectivity index (χ4n) is 2.30. The first-order valence-electron chi connectivity index (χ1n) is 6.47. The Labute approximate surface area is 127 Å². The second-order valence-electron chi connectivity index (χ2n) is 5.08. The van der Waals surface area contributed by atoms with Gasteiger partial charge < -0.3 is 4.90 Å². The lowest BCUT2D eigenvalue weighted by Crippen LogP contribution is -2.50. The number of carbonyl (C=O) groups is 1. The molecule has 0 radical (unpaired) electrons. The van der Waals surface area contributed by atoms with Gasteiger partial charge in [0.2, 0.25) is 0 Å². The van der Waals surface area contributed by atoms with Crippen molar-refractivity contribution >= 4 is 33.4 Å². The molecule has 1 heterocycles. The summed E-state index contributed by atoms with van der Waals surface area (Å²) in [6.45, 7) is 7.80. The summed E-state index contributed by atoms with van der Waals surface area (Å²) < 4.78 is 0.837. The number of hydrogen-bond donors (Lipinski definition) is 0. The number of piperazine rings is 1. The Balaban J connectivity index is 2.05. The highest BCUT2D eigenvalue weighted by molar-refractivity contribution is 9.10. The molecule has 0 unspecified atom stereocenters. The smallest absolute Gasteiger partial charge is 0.254 e. The van der Waals surface area contributed by atoms with Gasteiger partial charge in [-0.15, -0.1) is 0 Å². The van der Waals surface area contributed by atoms with Crippen molar-refractivity contribution in [3.05, 3.63) is 33.3 Å². The van der Waals surface area contributed by atoms with Gasteiger partial charge in [0.1, 0.15) is 0 Å². The van der Waals surface area contributed by atoms with E-state index in [4.69, 9.17) is 11.6 Å². The van der Waals surface area contributed by atoms with Crippen LogP contribution in [0.5, 0.6) is 0 Å². The molecule has 5 heteroatoms. The lowest BCUT2D eigenvalue weighted by Gasteiger charge is -2.37. The Kier molecular flexibility index (Phi) is 4.87. The lowest BCUT2D eigenvalue weighted by molar-refractivity contribution is 0.0595. The maximum absolute atomic E-state index is 12.4. The number of amides is 1. The van der Waals surface area contributed by atoms with Crippen LogP contribution in [0.4, 0.5) is 0 Å². The van der Waals surface area contributed by atoms with Crippen molar-refractivity contribution in [3.63, 3.8) is 0 Å². The summed E-state index contributed by atoms with van der Waals surface area (Å²) in [7, 11) is 0. The molecule has 0 spiro atoms. The van der Waals surface area contributed by atoms with Gasteiger partial charge in [0.05, 0.1) is 0 Å². The summed E-state index contributed by atoms with van der Waals surface area (Å²) in [6, 6.07) is 5.87. The number of benzene rings is 1. The Morgan fingerprint density at radius 1 is 1.21 bits per heavy atom. The fraction of sp³-hybridized carbons (Fsp3) is 0.500. The molecule has 1 saturated heterocycles. The van der Waals surface area contributed by atoms with Crippen LogP contribution in [-0.4, -0.2) is 47.9 Å². The maximum atomic E-state index is 12.4. The van der Waals surface area contributed by atoms with Gasteiger partial charge >= 0.3 is 0 Å². The molecular weight excluding hydrogens is 328 g/mol. The minimum atomic E-state index is 0.0617. The molecule has 104 valence electrons. The van der Waals surface area contributed by atoms with Crippen LogP contribution in [0.15, 0.2) is 22.7 Å². The van der Waals surface area contributed by atoms with Crippen LogP contribution in [0.1, 0.15) is 24.2 Å². The topological polar surface area (TPSA) is 23.6 Å². The molecule has 2 rings (SSSR count). The van der Waals surface area contributed by atoms with Crippen molar-refractivity contribution in [2.24, 2.45) is 0 Å². The molecule has 3 nitrogen and oxygen atoms in total. The molecule has 1 aliphatic heterocycles. The van der Waals surface area contributed by atoms with Crippen molar-refractivity contribution in [1.82, 2.24) is 9.80 Å². The molecule has 1 amide bonds. The quantitative estimate of drug-likeness (QED) is 0.821. The van der Waals surface area contributed by atoms with Crippen molar-refractivity contribution in [2.45, 2.75) is 19.9 Å². The summed E-state index contributed by atoms with van der Waals surface area (Å²) in [5.74, 6) is 0.0617. The van der Waals surface area contributed by atoms with Gasteiger partial charge in [0.25, 0.3) is 5.91 Å². The van der Waals surface area contributed by atoms with Gasteiger partial charge in [-0.3, -0.25) is 9.69 Å². The summed E-state index contributed by atoms with van der Waals surface area (Å²) >= 11 is 9.36. The van der Waals surface area contributed by atoms with Gasteiger partial charge in [-0.2, -0.15) is 0 Å². The van der Waals surface area contributed by atoms with E-state index in [0.717, 1.165) is 30.7 Å². The second kappa shape index (κ2) is 6.25. The van der Waals surface area contributed by atoms with E-state index in [1.54, 1.807) is 12.1 Å². The van der Waals surface area contributed by atoms with Crippen molar-refractivity contribution in [2.75, 3.05) is 26.2 Å². The highest BCUT2D eigenvalue weighted by Gasteiger charge is 2.23. The first-order valence-corrected chi connectivity index (χ1v) is 7.64. The number of rotatable bonds is 2. The maximum Gasteiger partial charge on any atom is 0.254 e. The number of nitrogens with zero attached hydrogens (tertiary/aromatic N) is 2. The summed E-state index contributed by atoms with van der Waals surface area (Å²) in [6.07, 6.45) is 0. The zero-order valence-electron chi connectivity index (χ0n) is 11.2. The van der Waals surface area contributed by atoms with Crippen molar-refractivity contribution in [1.29, 1.82) is 0 Å². The molecule has 1 aliphatic rings. The molecular formula is C14H18BrClN2O. The van der Waals surface area contributed by atoms with Crippen LogP contribution in [0.3, 0.4) is 0 Å². The van der Waals surface area contributed by atoms with Crippen LogP contribution in [0.2, 0.25) is 5.02 Å². The molecule has 1 aromatic carbocycles. The molecule has 0 aliphatic carbocycles. The van der Waals surface area contributed by atoms with Crippen LogP contribution in [-0.2, 0) is 0 Å². The third kappa shape index (κ3) is 3.71. The standard InChI is InChI=1S/C14H18BrClN2O/c1-10(2)17-3-5-18(6-4-17)14(19)11-7-12(15)9-13(16)8-11/h7-10H,3-6H2,1-2H3. The monoisotopic (exact) mass is 344 g/mol. The van der Waals surface area contributed by atoms with E-state index in [9.17, 15) is 4.79 Å². The zero-order valence-corrected chi connectivity index (χ0v) is 13.5. The van der Waals surface area contributed by atoms with Gasteiger partial charge in [0.15, 0.2) is 0 Å². The minimum absolute atomic E-state index is 0.0617. The number of carbonyl (C=O) groups excluding carboxylic acids is 1. The largest absolute Gasteiger partial charge is 0.336 e. The normalized spacial score (nSPS) is 17.0. The molecule has 0 saturated carbocycles. The first-order chi connectivity index (χ1) is 8.97. The third-order valence-electron chi connectivity index (χ3n) is 3.44. The van der Waals surface area contributed by atoms with Crippen molar-refractivity contribution in [3.8, 4) is 0 Å². The van der Waals surface area contributed by atoms with E-state index in [-0.39, 0.29) is 5.91 Å². The average Bonchev–Trinajstić information content (AvgIpc) is 2.37. The Morgan fingerprint density at radius 3 is 2.37 bits per heavy atom. The summed E-state index contributed by atoms with van der Waals surface area (Å²) in [5.41, 5.74) is 0.650. The van der Waals surface area contributed by atoms with Gasteiger partial charge in [-0.05, 0) is 32.0 Å². The molecule has 1 aromatic rings. The van der Waals surface area contributed by atoms with Gasteiger partial charge in [-0.1, -0.05) is 27.5 Å². The van der Waals surface area contributed by atoms with Gasteiger partial charge in [0, 0.05) is 47.3 Å². The predicted octanol–water partition coefficient (Wildman–Crippen LogP) is 3.27. The molecule has 0 N–H and O–H groups in total. The number of halogens is 2. The Bertz CT molecular complexity index is 450. The highest BCUT2D eigenvalue weighted by atomic mass is 79.9. The second-order valence-corrected chi connectivity index (χ2v) is 6.43. The van der Waals surface area contributed by atoms with Crippen LogP contribution in [0.25, 0.3) is 0 Å². The van der Waals surface area contributed by atoms with Crippen LogP contribution < -0.4 is 0 Å². The van der Waals surface area contributed by atoms with Crippen LogP contribution in [0, 0.1) is 0 Å². The van der Waals surface area contributed by atoms with E-state index in [0.29, 0.717) is 16.6 Å². The summed E-state index contributed by atoms with van der Waals surface area (Å²) in [4.78, 5) is 16.7. The minimum Gasteiger partial charge on any atom is -0.336 e. The molecule has 0 bridgehead atoms. The van der Waals surface area contributed by atoms with Gasteiger partial charge in [-0.25, -0.2) is 0 Å². The Morgan fingerprint density at radius 2 is 1.84 bits per heavy atom. The third-order valence-corrected chi connectivity index (χ3v) is 4.12. The predicted molar refractivity (Wildman–Crippen MR) is 81.8 cm³/mol.